The van der Waals surface area contributed by atoms with Gasteiger partial charge in [-0.1, -0.05) is 20.3 Å². The molecule has 0 aromatic rings. The molecule has 1 rings (SSSR count). The summed E-state index contributed by atoms with van der Waals surface area (Å²) in [4.78, 5) is 11.6. The van der Waals surface area contributed by atoms with E-state index < -0.39 is 0 Å². The average molecular weight is 198 g/mol. The van der Waals surface area contributed by atoms with E-state index in [2.05, 4.69) is 6.92 Å². The predicted octanol–water partition coefficient (Wildman–Crippen LogP) is 2.40. The lowest BCUT2D eigenvalue weighted by Crippen LogP contribution is -2.26. The summed E-state index contributed by atoms with van der Waals surface area (Å²) in [7, 11) is 0. The SMILES string of the molecule is CCC1CCC(=O)C(CC(C)CO)C1. The van der Waals surface area contributed by atoms with Gasteiger partial charge in [0.1, 0.15) is 5.78 Å². The van der Waals surface area contributed by atoms with Gasteiger partial charge in [0.15, 0.2) is 0 Å². The van der Waals surface area contributed by atoms with E-state index in [1.165, 1.54) is 6.42 Å². The first-order valence-corrected chi connectivity index (χ1v) is 5.80. The summed E-state index contributed by atoms with van der Waals surface area (Å²) in [5.74, 6) is 1.67. The molecule has 2 heteroatoms. The van der Waals surface area contributed by atoms with Crippen molar-refractivity contribution in [2.45, 2.75) is 46.0 Å². The molecule has 1 aliphatic carbocycles. The van der Waals surface area contributed by atoms with Crippen LogP contribution >= 0.6 is 0 Å². The highest BCUT2D eigenvalue weighted by Gasteiger charge is 2.28. The van der Waals surface area contributed by atoms with Crippen molar-refractivity contribution >= 4 is 5.78 Å². The zero-order chi connectivity index (χ0) is 10.6. The fourth-order valence-corrected chi connectivity index (χ4v) is 2.36. The van der Waals surface area contributed by atoms with Gasteiger partial charge in [0.25, 0.3) is 0 Å². The molecule has 0 radical (unpaired) electrons. The van der Waals surface area contributed by atoms with Gasteiger partial charge in [0, 0.05) is 18.9 Å². The van der Waals surface area contributed by atoms with E-state index in [1.807, 2.05) is 6.92 Å². The third kappa shape index (κ3) is 3.09. The summed E-state index contributed by atoms with van der Waals surface area (Å²) in [6.45, 7) is 4.43. The van der Waals surface area contributed by atoms with Crippen LogP contribution in [0.2, 0.25) is 0 Å². The van der Waals surface area contributed by atoms with Gasteiger partial charge in [-0.2, -0.15) is 0 Å². The Morgan fingerprint density at radius 1 is 1.57 bits per heavy atom. The van der Waals surface area contributed by atoms with Gasteiger partial charge >= 0.3 is 0 Å². The van der Waals surface area contributed by atoms with Crippen molar-refractivity contribution in [2.75, 3.05) is 6.61 Å². The van der Waals surface area contributed by atoms with Crippen LogP contribution in [0.25, 0.3) is 0 Å². The Balaban J connectivity index is 2.44. The molecule has 14 heavy (non-hydrogen) atoms. The molecule has 1 N–H and O–H groups in total. The second kappa shape index (κ2) is 5.50. The lowest BCUT2D eigenvalue weighted by atomic mass is 9.76. The highest BCUT2D eigenvalue weighted by atomic mass is 16.3. The molecule has 0 aromatic carbocycles. The average Bonchev–Trinajstić information content (AvgIpc) is 2.21. The van der Waals surface area contributed by atoms with E-state index in [0.717, 1.165) is 31.6 Å². The van der Waals surface area contributed by atoms with Crippen LogP contribution in [0.4, 0.5) is 0 Å². The molecule has 0 bridgehead atoms. The van der Waals surface area contributed by atoms with Crippen molar-refractivity contribution in [3.63, 3.8) is 0 Å². The fourth-order valence-electron chi connectivity index (χ4n) is 2.36. The maximum atomic E-state index is 11.6. The van der Waals surface area contributed by atoms with Crippen LogP contribution in [0.15, 0.2) is 0 Å². The maximum Gasteiger partial charge on any atom is 0.136 e. The quantitative estimate of drug-likeness (QED) is 0.753. The third-order valence-corrected chi connectivity index (χ3v) is 3.45. The molecular weight excluding hydrogens is 176 g/mol. The van der Waals surface area contributed by atoms with Crippen molar-refractivity contribution in [1.82, 2.24) is 0 Å². The van der Waals surface area contributed by atoms with E-state index in [0.29, 0.717) is 5.78 Å². The highest BCUT2D eigenvalue weighted by Crippen LogP contribution is 2.32. The summed E-state index contributed by atoms with van der Waals surface area (Å²) in [6.07, 6.45) is 4.98. The molecule has 0 saturated heterocycles. The minimum absolute atomic E-state index is 0.209. The monoisotopic (exact) mass is 198 g/mol. The molecule has 82 valence electrons. The number of rotatable bonds is 4. The van der Waals surface area contributed by atoms with Crippen LogP contribution in [-0.4, -0.2) is 17.5 Å². The van der Waals surface area contributed by atoms with E-state index in [9.17, 15) is 4.79 Å². The standard InChI is InChI=1S/C12H22O2/c1-3-10-4-5-12(14)11(7-10)6-9(2)8-13/h9-11,13H,3-8H2,1-2H3. The van der Waals surface area contributed by atoms with E-state index in [-0.39, 0.29) is 18.4 Å². The van der Waals surface area contributed by atoms with Crippen LogP contribution in [0.1, 0.15) is 46.0 Å². The number of hydrogen-bond acceptors (Lipinski definition) is 2. The van der Waals surface area contributed by atoms with Crippen molar-refractivity contribution in [2.24, 2.45) is 17.8 Å². The van der Waals surface area contributed by atoms with Crippen LogP contribution < -0.4 is 0 Å². The predicted molar refractivity (Wildman–Crippen MR) is 57.0 cm³/mol. The first-order chi connectivity index (χ1) is 6.67. The fraction of sp³-hybridized carbons (Fsp3) is 0.917. The second-order valence-electron chi connectivity index (χ2n) is 4.74. The molecule has 2 nitrogen and oxygen atoms in total. The Bertz CT molecular complexity index is 187. The molecule has 0 aliphatic heterocycles. The molecule has 1 aliphatic rings. The maximum absolute atomic E-state index is 11.6. The van der Waals surface area contributed by atoms with Gasteiger partial charge < -0.3 is 5.11 Å². The van der Waals surface area contributed by atoms with Crippen molar-refractivity contribution < 1.29 is 9.90 Å². The summed E-state index contributed by atoms with van der Waals surface area (Å²) in [5, 5.41) is 8.96. The Kier molecular flexibility index (Phi) is 4.59. The number of ketones is 1. The van der Waals surface area contributed by atoms with E-state index in [1.54, 1.807) is 0 Å². The topological polar surface area (TPSA) is 37.3 Å². The van der Waals surface area contributed by atoms with Gasteiger partial charge in [-0.05, 0) is 31.1 Å². The summed E-state index contributed by atoms with van der Waals surface area (Å²) >= 11 is 0. The lowest BCUT2D eigenvalue weighted by Gasteiger charge is -2.28. The number of aliphatic hydroxyl groups is 1. The zero-order valence-corrected chi connectivity index (χ0v) is 9.33. The summed E-state index contributed by atoms with van der Waals surface area (Å²) in [6, 6.07) is 0. The minimum Gasteiger partial charge on any atom is -0.396 e. The molecule has 0 aromatic heterocycles. The summed E-state index contributed by atoms with van der Waals surface area (Å²) in [5.41, 5.74) is 0. The zero-order valence-electron chi connectivity index (χ0n) is 9.33. The number of carbonyl (C=O) groups is 1. The summed E-state index contributed by atoms with van der Waals surface area (Å²) < 4.78 is 0. The largest absolute Gasteiger partial charge is 0.396 e. The molecule has 1 fully saturated rings. The smallest absolute Gasteiger partial charge is 0.136 e. The Morgan fingerprint density at radius 3 is 2.86 bits per heavy atom. The van der Waals surface area contributed by atoms with Crippen molar-refractivity contribution in [1.29, 1.82) is 0 Å². The number of hydrogen-bond donors (Lipinski definition) is 1. The Labute approximate surface area is 86.7 Å². The first kappa shape index (κ1) is 11.7. The van der Waals surface area contributed by atoms with Gasteiger partial charge in [-0.3, -0.25) is 4.79 Å². The van der Waals surface area contributed by atoms with Gasteiger partial charge in [-0.15, -0.1) is 0 Å². The Hall–Kier alpha value is -0.370. The molecule has 0 spiro atoms. The minimum atomic E-state index is 0.209. The number of carbonyl (C=O) groups excluding carboxylic acids is 1. The van der Waals surface area contributed by atoms with Crippen LogP contribution in [0.5, 0.6) is 0 Å². The van der Waals surface area contributed by atoms with Gasteiger partial charge in [-0.25, -0.2) is 0 Å². The molecule has 1 saturated carbocycles. The molecular formula is C12H22O2. The molecule has 0 heterocycles. The molecule has 3 unspecified atom stereocenters. The Morgan fingerprint density at radius 2 is 2.29 bits per heavy atom. The van der Waals surface area contributed by atoms with Crippen LogP contribution in [0, 0.1) is 17.8 Å². The van der Waals surface area contributed by atoms with Gasteiger partial charge in [0.2, 0.25) is 0 Å². The van der Waals surface area contributed by atoms with Crippen LogP contribution in [0.3, 0.4) is 0 Å². The molecule has 0 amide bonds. The third-order valence-electron chi connectivity index (χ3n) is 3.45. The lowest BCUT2D eigenvalue weighted by molar-refractivity contribution is -0.126. The van der Waals surface area contributed by atoms with Crippen molar-refractivity contribution in [3.8, 4) is 0 Å². The van der Waals surface area contributed by atoms with Gasteiger partial charge in [0.05, 0.1) is 0 Å². The highest BCUT2D eigenvalue weighted by molar-refractivity contribution is 5.81. The normalized spacial score (nSPS) is 30.4. The van der Waals surface area contributed by atoms with E-state index in [4.69, 9.17) is 5.11 Å². The van der Waals surface area contributed by atoms with E-state index >= 15 is 0 Å². The second-order valence-corrected chi connectivity index (χ2v) is 4.74. The molecule has 3 atom stereocenters. The number of aliphatic hydroxyl groups excluding tert-OH is 1. The number of Topliss-reactive ketones (excluding diaryl/α,β-unsaturated/α-hetero) is 1. The van der Waals surface area contributed by atoms with Crippen LogP contribution in [-0.2, 0) is 4.79 Å². The first-order valence-electron chi connectivity index (χ1n) is 5.80. The van der Waals surface area contributed by atoms with Crippen molar-refractivity contribution in [3.05, 3.63) is 0 Å².